The number of unbranched alkanes of at least 4 members (excludes halogenated alkanes) is 2. The van der Waals surface area contributed by atoms with E-state index in [2.05, 4.69) is 30.7 Å². The van der Waals surface area contributed by atoms with E-state index < -0.39 is 18.1 Å². The Balaban J connectivity index is 0.000000262. The minimum atomic E-state index is -1.03. The third kappa shape index (κ3) is 22.5. The van der Waals surface area contributed by atoms with Crippen LogP contribution in [0, 0.1) is 0 Å². The van der Waals surface area contributed by atoms with Gasteiger partial charge in [0.05, 0.1) is 18.0 Å². The molecule has 83 heavy (non-hydrogen) atoms. The van der Waals surface area contributed by atoms with Crippen molar-refractivity contribution in [2.75, 3.05) is 121 Å². The third-order valence-corrected chi connectivity index (χ3v) is 11.6. The van der Waals surface area contributed by atoms with Crippen LogP contribution in [0.3, 0.4) is 0 Å². The Morgan fingerprint density at radius 3 is 1.53 bits per heavy atom. The van der Waals surface area contributed by atoms with E-state index in [4.69, 9.17) is 92.5 Å². The molecule has 0 bridgehead atoms. The Morgan fingerprint density at radius 1 is 0.627 bits per heavy atom. The second-order valence-electron chi connectivity index (χ2n) is 16.5. The van der Waals surface area contributed by atoms with E-state index in [1.54, 1.807) is 55.5 Å². The number of para-hydroxylation sites is 5. The number of fused-ring (bicyclic) bond motifs is 5. The molecule has 442 valence electrons. The number of benzene rings is 5. The van der Waals surface area contributed by atoms with Gasteiger partial charge in [-0.2, -0.15) is 4.99 Å². The monoisotopic (exact) mass is 1200 g/mol. The molecule has 0 saturated carbocycles. The van der Waals surface area contributed by atoms with Gasteiger partial charge in [-0.15, -0.1) is 23.2 Å². The Labute approximate surface area is 511 Å². The number of isocyanates is 1. The number of rotatable bonds is 9. The van der Waals surface area contributed by atoms with Crippen LogP contribution in [0.15, 0.2) is 96.0 Å². The maximum Gasteiger partial charge on any atom is 1.00 e. The molecule has 5 aromatic carbocycles. The first kappa shape index (κ1) is 69.6. The molecular formula is C55H64Cl2N7NaO18. The van der Waals surface area contributed by atoms with E-state index >= 15 is 0 Å². The predicted octanol–water partition coefficient (Wildman–Crippen LogP) is 5.94. The first-order chi connectivity index (χ1) is 39.6. The Kier molecular flexibility index (Phi) is 33.3. The van der Waals surface area contributed by atoms with Crippen LogP contribution in [0.5, 0.6) is 57.5 Å². The first-order valence-corrected chi connectivity index (χ1v) is 26.6. The van der Waals surface area contributed by atoms with Crippen LogP contribution in [-0.2, 0) is 14.3 Å². The average Bonchev–Trinajstić information content (AvgIpc) is 3.59. The van der Waals surface area contributed by atoms with Gasteiger partial charge in [0.15, 0.2) is 57.5 Å². The van der Waals surface area contributed by atoms with Gasteiger partial charge in [0.2, 0.25) is 6.08 Å². The van der Waals surface area contributed by atoms with Crippen molar-refractivity contribution in [1.82, 2.24) is 5.32 Å². The number of esters is 1. The Bertz CT molecular complexity index is 2830. The fraction of sp³-hybridized carbons (Fsp3) is 0.382. The molecule has 0 spiro atoms. The van der Waals surface area contributed by atoms with Gasteiger partial charge < -0.3 is 94.4 Å². The largest absolute Gasteiger partial charge is 1.00 e. The molecule has 0 atom stereocenters. The van der Waals surface area contributed by atoms with Crippen molar-refractivity contribution in [2.24, 2.45) is 4.99 Å². The zero-order valence-electron chi connectivity index (χ0n) is 45.9. The fourth-order valence-electron chi connectivity index (χ4n) is 7.63. The molecule has 1 saturated heterocycles. The van der Waals surface area contributed by atoms with Crippen molar-refractivity contribution in [3.05, 3.63) is 118 Å². The van der Waals surface area contributed by atoms with Crippen molar-refractivity contribution in [3.8, 4) is 57.5 Å². The molecular weight excluding hydrogens is 1140 g/mol. The van der Waals surface area contributed by atoms with Crippen LogP contribution in [0.4, 0.5) is 21.9 Å². The summed E-state index contributed by atoms with van der Waals surface area (Å²) in [6.07, 6.45) is 3.83. The number of anilines is 2. The van der Waals surface area contributed by atoms with Gasteiger partial charge in [0.25, 0.3) is 0 Å². The van der Waals surface area contributed by atoms with Gasteiger partial charge in [0, 0.05) is 37.9 Å². The van der Waals surface area contributed by atoms with Crippen LogP contribution >= 0.6 is 23.2 Å². The standard InChI is InChI=1S/C12H16N2O2.C12H12O6.C9H7NO3.C9H8O4.C8H9NO2.C5H10Cl2.N3.Na.H2O/c1-2-10(14-6-4-13-5-7-14)12-11(3-1)15-8-9-16-12;1-2-15-12(14)18-11(13)8-4-3-5-9-10(8)17-7-6-16-9;11-6-10-7-2-1-3-8-9(7)13-5-4-12-8;10-9(11)6-2-1-3-7-8(6)13-5-4-12-7;9-6-2-1-3-7-8(6)11-5-4-10-7;6-4-2-1-3-5-7;1-3-2;;/h1-3,13H,4-9H2;3-5H,2,6-7H2,1H3;1-3H,4-5H2;1-3H,4-5H2,(H,10,11);1-3H,4-5,9H2;1-5H2;;;1H2/q;;;;;;-1;+1;. The van der Waals surface area contributed by atoms with Crippen LogP contribution in [0.1, 0.15) is 46.9 Å². The van der Waals surface area contributed by atoms with Gasteiger partial charge >= 0.3 is 47.7 Å². The van der Waals surface area contributed by atoms with Crippen molar-refractivity contribution >= 4 is 64.4 Å². The van der Waals surface area contributed by atoms with Crippen molar-refractivity contribution in [2.45, 2.75) is 26.2 Å². The number of carboxylic acids is 1. The maximum atomic E-state index is 11.7. The number of halogens is 2. The molecule has 6 aliphatic heterocycles. The molecule has 6 heterocycles. The van der Waals surface area contributed by atoms with Gasteiger partial charge in [0.1, 0.15) is 82.9 Å². The quantitative estimate of drug-likeness (QED) is 0.0131. The number of hydrogen-bond acceptors (Lipinski definition) is 20. The van der Waals surface area contributed by atoms with E-state index in [1.807, 2.05) is 24.3 Å². The molecule has 28 heteroatoms. The first-order valence-electron chi connectivity index (χ1n) is 25.5. The van der Waals surface area contributed by atoms with E-state index in [-0.39, 0.29) is 58.5 Å². The van der Waals surface area contributed by atoms with Crippen molar-refractivity contribution in [3.63, 3.8) is 0 Å². The number of aromatic carboxylic acids is 1. The number of carbonyl (C=O) groups excluding carboxylic acids is 3. The Hall–Kier alpha value is -7.70. The molecule has 6 N–H and O–H groups in total. The van der Waals surface area contributed by atoms with Crippen LogP contribution in [0.25, 0.3) is 16.0 Å². The molecule has 6 aliphatic rings. The van der Waals surface area contributed by atoms with Gasteiger partial charge in [-0.1, -0.05) is 36.8 Å². The van der Waals surface area contributed by atoms with Crippen molar-refractivity contribution in [1.29, 1.82) is 0 Å². The molecule has 0 aromatic heterocycles. The third-order valence-electron chi connectivity index (χ3n) is 11.1. The summed E-state index contributed by atoms with van der Waals surface area (Å²) in [7, 11) is 0. The van der Waals surface area contributed by atoms with Crippen LogP contribution in [0.2, 0.25) is 0 Å². The minimum Gasteiger partial charge on any atom is -0.486 e. The summed E-state index contributed by atoms with van der Waals surface area (Å²) in [6, 6.07) is 26.4. The molecule has 5 aromatic rings. The fourth-order valence-corrected chi connectivity index (χ4v) is 8.00. The average molecular weight is 1210 g/mol. The topological polar surface area (TPSA) is 343 Å². The number of carbonyl (C=O) groups is 3. The molecule has 0 amide bonds. The zero-order chi connectivity index (χ0) is 58.0. The smallest absolute Gasteiger partial charge is 0.486 e. The predicted molar refractivity (Wildman–Crippen MR) is 303 cm³/mol. The molecule has 25 nitrogen and oxygen atoms in total. The summed E-state index contributed by atoms with van der Waals surface area (Å²) in [5, 5.41) is 12.2. The molecule has 0 radical (unpaired) electrons. The normalized spacial score (nSPS) is 13.6. The second kappa shape index (κ2) is 39.7. The molecule has 11 rings (SSSR count). The molecule has 1 fully saturated rings. The number of aliphatic imine (C=N–C) groups is 1. The summed E-state index contributed by atoms with van der Waals surface area (Å²) in [5.74, 6) is 5.68. The number of nitrogens with two attached hydrogens (primary N) is 1. The van der Waals surface area contributed by atoms with E-state index in [1.165, 1.54) is 35.2 Å². The summed E-state index contributed by atoms with van der Waals surface area (Å²) < 4.78 is 62.6. The van der Waals surface area contributed by atoms with Gasteiger partial charge in [-0.05, 0) is 80.4 Å². The van der Waals surface area contributed by atoms with Crippen LogP contribution < -0.4 is 92.9 Å². The number of carboxylic acid groups (broad SMARTS) is 1. The maximum absolute atomic E-state index is 11.7. The van der Waals surface area contributed by atoms with Gasteiger partial charge in [-0.25, -0.2) is 19.2 Å². The number of nitrogens with zero attached hydrogens (tertiary/aromatic N) is 5. The molecule has 0 unspecified atom stereocenters. The zero-order valence-corrected chi connectivity index (χ0v) is 49.4. The number of nitrogen functional groups attached to an aromatic ring is 1. The SMILES string of the molecule is CCOC(=O)OC(=O)c1cccc2c1OCCO2.ClCCCCCCl.Nc1cccc2c1OCCO2.O.O=C(O)c1cccc2c1OCCO2.O=C=Nc1cccc2c1OCCO2.[N-]=[N+]=[N-].[Na+].c1cc2c(c(N3CCNCC3)c1)OCCO2. The van der Waals surface area contributed by atoms with E-state index in [9.17, 15) is 19.2 Å². The summed E-state index contributed by atoms with van der Waals surface area (Å²) >= 11 is 10.8. The second-order valence-corrected chi connectivity index (χ2v) is 17.2. The molecule has 0 aliphatic carbocycles. The van der Waals surface area contributed by atoms with E-state index in [0.29, 0.717) is 112 Å². The number of nitrogens with one attached hydrogen (secondary N) is 1. The van der Waals surface area contributed by atoms with E-state index in [0.717, 1.165) is 68.0 Å². The van der Waals surface area contributed by atoms with Crippen LogP contribution in [-0.4, -0.2) is 145 Å². The minimum absolute atomic E-state index is 0. The summed E-state index contributed by atoms with van der Waals surface area (Å²) in [6.45, 7) is 11.0. The van der Waals surface area contributed by atoms with Crippen molar-refractivity contribution < 1.29 is 116 Å². The Morgan fingerprint density at radius 2 is 1.04 bits per heavy atom. The summed E-state index contributed by atoms with van der Waals surface area (Å²) in [5.41, 5.74) is 21.7. The number of hydrogen-bond donors (Lipinski definition) is 3. The van der Waals surface area contributed by atoms with Gasteiger partial charge in [-0.3, -0.25) is 4.91 Å². The summed E-state index contributed by atoms with van der Waals surface area (Å²) in [4.78, 5) is 51.0. The number of ether oxygens (including phenoxy) is 12. The number of alkyl halides is 2. The number of piperazine rings is 1.